The number of amides is 1. The molecule has 1 amide bonds. The van der Waals surface area contributed by atoms with Crippen LogP contribution in [0.3, 0.4) is 0 Å². The van der Waals surface area contributed by atoms with E-state index in [1.165, 1.54) is 0 Å². The Labute approximate surface area is 128 Å². The summed E-state index contributed by atoms with van der Waals surface area (Å²) in [5.74, 6) is -0.874. The Kier molecular flexibility index (Phi) is 5.03. The number of piperazine rings is 1. The van der Waals surface area contributed by atoms with Gasteiger partial charge in [0.25, 0.3) is 5.91 Å². The molecule has 6 nitrogen and oxygen atoms in total. The average Bonchev–Trinajstić information content (AvgIpc) is 2.48. The van der Waals surface area contributed by atoms with Crippen molar-refractivity contribution in [2.45, 2.75) is 6.42 Å². The number of carbonyl (C=O) groups is 2. The van der Waals surface area contributed by atoms with Crippen molar-refractivity contribution in [3.05, 3.63) is 28.8 Å². The third-order valence-corrected chi connectivity index (χ3v) is 3.89. The van der Waals surface area contributed by atoms with E-state index in [1.54, 1.807) is 23.1 Å². The highest BCUT2D eigenvalue weighted by molar-refractivity contribution is 6.33. The quantitative estimate of drug-likeness (QED) is 0.815. The number of hydrogen-bond donors (Lipinski definition) is 2. The minimum atomic E-state index is -0.801. The summed E-state index contributed by atoms with van der Waals surface area (Å²) >= 11 is 5.85. The molecular formula is C14H18ClN3O3. The van der Waals surface area contributed by atoms with Crippen LogP contribution in [0.1, 0.15) is 16.8 Å². The normalized spacial score (nSPS) is 16.0. The maximum Gasteiger partial charge on any atom is 0.304 e. The molecule has 1 fully saturated rings. The lowest BCUT2D eigenvalue weighted by atomic mass is 10.1. The summed E-state index contributed by atoms with van der Waals surface area (Å²) in [5, 5.41) is 9.10. The van der Waals surface area contributed by atoms with Crippen molar-refractivity contribution in [3.63, 3.8) is 0 Å². The van der Waals surface area contributed by atoms with Crippen LogP contribution in [0.25, 0.3) is 0 Å². The number of nitrogen functional groups attached to an aromatic ring is 1. The fourth-order valence-corrected chi connectivity index (χ4v) is 2.41. The third kappa shape index (κ3) is 4.09. The maximum absolute atomic E-state index is 12.4. The smallest absolute Gasteiger partial charge is 0.304 e. The van der Waals surface area contributed by atoms with Crippen molar-refractivity contribution < 1.29 is 14.7 Å². The summed E-state index contributed by atoms with van der Waals surface area (Å²) in [5.41, 5.74) is 6.63. The molecule has 3 N–H and O–H groups in total. The molecule has 1 saturated heterocycles. The zero-order chi connectivity index (χ0) is 15.4. The Morgan fingerprint density at radius 3 is 2.48 bits per heavy atom. The molecule has 2 rings (SSSR count). The molecule has 1 aromatic rings. The van der Waals surface area contributed by atoms with Gasteiger partial charge in [-0.2, -0.15) is 0 Å². The number of carboxylic acid groups (broad SMARTS) is 1. The van der Waals surface area contributed by atoms with Crippen molar-refractivity contribution in [1.82, 2.24) is 9.80 Å². The van der Waals surface area contributed by atoms with Crippen LogP contribution in [-0.2, 0) is 4.79 Å². The fourth-order valence-electron chi connectivity index (χ4n) is 2.29. The molecule has 7 heteroatoms. The third-order valence-electron chi connectivity index (χ3n) is 3.54. The molecular weight excluding hydrogens is 294 g/mol. The number of benzene rings is 1. The summed E-state index contributed by atoms with van der Waals surface area (Å²) in [6.45, 7) is 3.05. The van der Waals surface area contributed by atoms with E-state index in [-0.39, 0.29) is 12.3 Å². The van der Waals surface area contributed by atoms with Crippen molar-refractivity contribution >= 4 is 29.2 Å². The van der Waals surface area contributed by atoms with E-state index in [2.05, 4.69) is 0 Å². The highest BCUT2D eigenvalue weighted by Crippen LogP contribution is 2.20. The standard InChI is InChI=1S/C14H18ClN3O3/c15-11-2-1-10(9-12(11)16)14(21)18-7-5-17(6-8-18)4-3-13(19)20/h1-2,9H,3-8,16H2,(H,19,20). The van der Waals surface area contributed by atoms with Gasteiger partial charge in [0.15, 0.2) is 0 Å². The van der Waals surface area contributed by atoms with Crippen LogP contribution in [0.15, 0.2) is 18.2 Å². The lowest BCUT2D eigenvalue weighted by Gasteiger charge is -2.34. The number of anilines is 1. The van der Waals surface area contributed by atoms with Crippen molar-refractivity contribution in [2.75, 3.05) is 38.5 Å². The van der Waals surface area contributed by atoms with E-state index < -0.39 is 5.97 Å². The topological polar surface area (TPSA) is 86.9 Å². The number of nitrogens with two attached hydrogens (primary N) is 1. The van der Waals surface area contributed by atoms with Gasteiger partial charge in [-0.15, -0.1) is 0 Å². The molecule has 0 unspecified atom stereocenters. The molecule has 0 atom stereocenters. The SMILES string of the molecule is Nc1cc(C(=O)N2CCN(CCC(=O)O)CC2)ccc1Cl. The maximum atomic E-state index is 12.4. The number of rotatable bonds is 4. The first-order chi connectivity index (χ1) is 9.97. The number of carbonyl (C=O) groups excluding carboxylic acids is 1. The van der Waals surface area contributed by atoms with Crippen LogP contribution in [0.5, 0.6) is 0 Å². The van der Waals surface area contributed by atoms with E-state index in [0.717, 1.165) is 0 Å². The molecule has 1 heterocycles. The Hall–Kier alpha value is -1.79. The second-order valence-corrected chi connectivity index (χ2v) is 5.42. The molecule has 21 heavy (non-hydrogen) atoms. The highest BCUT2D eigenvalue weighted by Gasteiger charge is 2.22. The van der Waals surface area contributed by atoms with Gasteiger partial charge in [-0.1, -0.05) is 11.6 Å². The van der Waals surface area contributed by atoms with Gasteiger partial charge in [0, 0.05) is 38.3 Å². The van der Waals surface area contributed by atoms with Crippen LogP contribution in [0.2, 0.25) is 5.02 Å². The molecule has 1 aliphatic rings. The number of hydrogen-bond acceptors (Lipinski definition) is 4. The van der Waals surface area contributed by atoms with E-state index in [9.17, 15) is 9.59 Å². The van der Waals surface area contributed by atoms with Gasteiger partial charge in [-0.3, -0.25) is 14.5 Å². The van der Waals surface area contributed by atoms with Gasteiger partial charge >= 0.3 is 5.97 Å². The molecule has 0 spiro atoms. The zero-order valence-corrected chi connectivity index (χ0v) is 12.3. The molecule has 0 aliphatic carbocycles. The van der Waals surface area contributed by atoms with Gasteiger partial charge in [0.2, 0.25) is 0 Å². The van der Waals surface area contributed by atoms with Crippen LogP contribution in [0, 0.1) is 0 Å². The Morgan fingerprint density at radius 2 is 1.90 bits per heavy atom. The van der Waals surface area contributed by atoms with Crippen LogP contribution < -0.4 is 5.73 Å². The summed E-state index contributed by atoms with van der Waals surface area (Å²) in [6.07, 6.45) is 0.127. The summed E-state index contributed by atoms with van der Waals surface area (Å²) in [4.78, 5) is 26.7. The minimum absolute atomic E-state index is 0.0729. The van der Waals surface area contributed by atoms with Crippen LogP contribution >= 0.6 is 11.6 Å². The van der Waals surface area contributed by atoms with E-state index >= 15 is 0 Å². The Bertz CT molecular complexity index is 542. The molecule has 114 valence electrons. The Balaban J connectivity index is 1.90. The monoisotopic (exact) mass is 311 g/mol. The lowest BCUT2D eigenvalue weighted by Crippen LogP contribution is -2.49. The summed E-state index contributed by atoms with van der Waals surface area (Å²) < 4.78 is 0. The van der Waals surface area contributed by atoms with E-state index in [0.29, 0.717) is 49.0 Å². The number of carboxylic acids is 1. The molecule has 0 radical (unpaired) electrons. The fraction of sp³-hybridized carbons (Fsp3) is 0.429. The molecule has 1 aliphatic heterocycles. The first-order valence-corrected chi connectivity index (χ1v) is 7.13. The summed E-state index contributed by atoms with van der Waals surface area (Å²) in [7, 11) is 0. The number of halogens is 1. The summed E-state index contributed by atoms with van der Waals surface area (Å²) in [6, 6.07) is 4.87. The van der Waals surface area contributed by atoms with Crippen LogP contribution in [0.4, 0.5) is 5.69 Å². The predicted octanol–water partition coefficient (Wildman–Crippen LogP) is 1.15. The van der Waals surface area contributed by atoms with Gasteiger partial charge in [0.1, 0.15) is 0 Å². The first-order valence-electron chi connectivity index (χ1n) is 6.76. The largest absolute Gasteiger partial charge is 0.481 e. The highest BCUT2D eigenvalue weighted by atomic mass is 35.5. The van der Waals surface area contributed by atoms with Gasteiger partial charge in [-0.25, -0.2) is 0 Å². The van der Waals surface area contributed by atoms with Gasteiger partial charge in [0.05, 0.1) is 17.1 Å². The van der Waals surface area contributed by atoms with Crippen molar-refractivity contribution in [1.29, 1.82) is 0 Å². The molecule has 1 aromatic carbocycles. The van der Waals surface area contributed by atoms with Gasteiger partial charge < -0.3 is 15.7 Å². The van der Waals surface area contributed by atoms with E-state index in [4.69, 9.17) is 22.4 Å². The van der Waals surface area contributed by atoms with Crippen molar-refractivity contribution in [3.8, 4) is 0 Å². The number of nitrogens with zero attached hydrogens (tertiary/aromatic N) is 2. The Morgan fingerprint density at radius 1 is 1.24 bits per heavy atom. The predicted molar refractivity (Wildman–Crippen MR) is 80.5 cm³/mol. The second kappa shape index (κ2) is 6.78. The minimum Gasteiger partial charge on any atom is -0.481 e. The zero-order valence-electron chi connectivity index (χ0n) is 11.6. The first kappa shape index (κ1) is 15.6. The van der Waals surface area contributed by atoms with E-state index in [1.807, 2.05) is 4.90 Å². The molecule has 0 saturated carbocycles. The lowest BCUT2D eigenvalue weighted by molar-refractivity contribution is -0.137. The number of aliphatic carboxylic acids is 1. The van der Waals surface area contributed by atoms with Crippen LogP contribution in [-0.4, -0.2) is 59.5 Å². The second-order valence-electron chi connectivity index (χ2n) is 5.01. The molecule has 0 aromatic heterocycles. The average molecular weight is 312 g/mol. The van der Waals surface area contributed by atoms with Crippen molar-refractivity contribution in [2.24, 2.45) is 0 Å². The van der Waals surface area contributed by atoms with Gasteiger partial charge in [-0.05, 0) is 18.2 Å². The molecule has 0 bridgehead atoms.